The normalized spacial score (nSPS) is 12.3. The molecule has 0 atom stereocenters. The van der Waals surface area contributed by atoms with Gasteiger partial charge in [0.15, 0.2) is 0 Å². The SMILES string of the molecule is CCCCCCCc1nc(C(C)(C)C)n(C(C)C)c1N. The fourth-order valence-corrected chi connectivity index (χ4v) is 2.62. The quantitative estimate of drug-likeness (QED) is 0.725. The van der Waals surface area contributed by atoms with Crippen LogP contribution in [0.15, 0.2) is 0 Å². The van der Waals surface area contributed by atoms with Gasteiger partial charge in [0.1, 0.15) is 11.6 Å². The Hall–Kier alpha value is -0.990. The highest BCUT2D eigenvalue weighted by Crippen LogP contribution is 2.30. The lowest BCUT2D eigenvalue weighted by Gasteiger charge is -2.22. The third-order valence-corrected chi connectivity index (χ3v) is 3.73. The molecule has 0 fully saturated rings. The summed E-state index contributed by atoms with van der Waals surface area (Å²) in [6.45, 7) is 13.2. The number of imidazole rings is 1. The number of hydrogen-bond acceptors (Lipinski definition) is 2. The van der Waals surface area contributed by atoms with E-state index >= 15 is 0 Å². The topological polar surface area (TPSA) is 43.8 Å². The fourth-order valence-electron chi connectivity index (χ4n) is 2.62. The van der Waals surface area contributed by atoms with E-state index in [0.29, 0.717) is 6.04 Å². The molecule has 0 aromatic carbocycles. The first-order valence-electron chi connectivity index (χ1n) is 8.16. The van der Waals surface area contributed by atoms with Crippen molar-refractivity contribution in [1.29, 1.82) is 0 Å². The van der Waals surface area contributed by atoms with E-state index in [1.807, 2.05) is 0 Å². The number of anilines is 1. The molecule has 0 amide bonds. The number of rotatable bonds is 7. The number of nitrogens with two attached hydrogens (primary N) is 1. The molecule has 0 saturated carbocycles. The zero-order chi connectivity index (χ0) is 15.3. The Bertz CT molecular complexity index is 411. The molecule has 1 aromatic rings. The second-order valence-electron chi connectivity index (χ2n) is 7.15. The van der Waals surface area contributed by atoms with Crippen LogP contribution in [-0.4, -0.2) is 9.55 Å². The summed E-state index contributed by atoms with van der Waals surface area (Å²) in [5, 5.41) is 0. The Balaban J connectivity index is 2.83. The van der Waals surface area contributed by atoms with Crippen molar-refractivity contribution in [2.75, 3.05) is 5.73 Å². The largest absolute Gasteiger partial charge is 0.384 e. The van der Waals surface area contributed by atoms with E-state index in [1.54, 1.807) is 0 Å². The summed E-state index contributed by atoms with van der Waals surface area (Å²) in [4.78, 5) is 4.86. The van der Waals surface area contributed by atoms with E-state index in [1.165, 1.54) is 32.1 Å². The van der Waals surface area contributed by atoms with Crippen LogP contribution in [-0.2, 0) is 11.8 Å². The van der Waals surface area contributed by atoms with Gasteiger partial charge in [-0.05, 0) is 26.7 Å². The number of aryl methyl sites for hydroxylation is 1. The lowest BCUT2D eigenvalue weighted by Crippen LogP contribution is -2.21. The van der Waals surface area contributed by atoms with Crippen molar-refractivity contribution < 1.29 is 0 Å². The molecule has 0 aliphatic heterocycles. The standard InChI is InChI=1S/C17H33N3/c1-7-8-9-10-11-12-14-15(18)20(13(2)3)16(19-14)17(4,5)6/h13H,7-12,18H2,1-6H3. The van der Waals surface area contributed by atoms with Crippen LogP contribution >= 0.6 is 0 Å². The van der Waals surface area contributed by atoms with Gasteiger partial charge in [-0.2, -0.15) is 0 Å². The second kappa shape index (κ2) is 7.14. The van der Waals surface area contributed by atoms with Crippen LogP contribution in [0.25, 0.3) is 0 Å². The van der Waals surface area contributed by atoms with E-state index in [9.17, 15) is 0 Å². The first-order valence-corrected chi connectivity index (χ1v) is 8.16. The lowest BCUT2D eigenvalue weighted by molar-refractivity contribution is 0.472. The van der Waals surface area contributed by atoms with E-state index in [-0.39, 0.29) is 5.41 Å². The summed E-state index contributed by atoms with van der Waals surface area (Å²) in [5.74, 6) is 1.99. The summed E-state index contributed by atoms with van der Waals surface area (Å²) >= 11 is 0. The summed E-state index contributed by atoms with van der Waals surface area (Å²) in [5.41, 5.74) is 7.48. The highest BCUT2D eigenvalue weighted by Gasteiger charge is 2.25. The minimum atomic E-state index is 0.0405. The Kier molecular flexibility index (Phi) is 6.09. The molecule has 0 unspecified atom stereocenters. The van der Waals surface area contributed by atoms with Crippen LogP contribution in [0.5, 0.6) is 0 Å². The zero-order valence-corrected chi connectivity index (χ0v) is 14.3. The number of aromatic nitrogens is 2. The molecule has 1 rings (SSSR count). The van der Waals surface area contributed by atoms with Gasteiger partial charge in [0.2, 0.25) is 0 Å². The molecule has 1 heterocycles. The molecule has 1 aromatic heterocycles. The van der Waals surface area contributed by atoms with Crippen LogP contribution < -0.4 is 5.73 Å². The maximum atomic E-state index is 6.34. The second-order valence-corrected chi connectivity index (χ2v) is 7.15. The molecule has 0 spiro atoms. The molecular formula is C17H33N3. The van der Waals surface area contributed by atoms with Crippen molar-refractivity contribution in [3.05, 3.63) is 11.5 Å². The van der Waals surface area contributed by atoms with Gasteiger partial charge >= 0.3 is 0 Å². The minimum Gasteiger partial charge on any atom is -0.384 e. The van der Waals surface area contributed by atoms with E-state index in [0.717, 1.165) is 23.8 Å². The van der Waals surface area contributed by atoms with Gasteiger partial charge in [-0.25, -0.2) is 4.98 Å². The maximum Gasteiger partial charge on any atom is 0.127 e. The molecule has 0 aliphatic carbocycles. The van der Waals surface area contributed by atoms with Crippen molar-refractivity contribution >= 4 is 5.82 Å². The summed E-state index contributed by atoms with van der Waals surface area (Å²) in [7, 11) is 0. The van der Waals surface area contributed by atoms with Crippen LogP contribution in [0.2, 0.25) is 0 Å². The first kappa shape index (κ1) is 17.1. The Morgan fingerprint density at radius 1 is 1.10 bits per heavy atom. The number of unbranched alkanes of at least 4 members (excludes halogenated alkanes) is 4. The summed E-state index contributed by atoms with van der Waals surface area (Å²) in [6, 6.07) is 0.366. The van der Waals surface area contributed by atoms with E-state index in [4.69, 9.17) is 10.7 Å². The molecule has 116 valence electrons. The number of nitrogens with zero attached hydrogens (tertiary/aromatic N) is 2. The molecular weight excluding hydrogens is 246 g/mol. The average molecular weight is 279 g/mol. The third kappa shape index (κ3) is 4.26. The van der Waals surface area contributed by atoms with Crippen LogP contribution in [0.1, 0.15) is 91.2 Å². The highest BCUT2D eigenvalue weighted by atomic mass is 15.2. The van der Waals surface area contributed by atoms with Gasteiger partial charge in [0.05, 0.1) is 5.69 Å². The number of nitrogen functional groups attached to an aromatic ring is 1. The Morgan fingerprint density at radius 2 is 1.70 bits per heavy atom. The smallest absolute Gasteiger partial charge is 0.127 e. The van der Waals surface area contributed by atoms with Crippen LogP contribution in [0, 0.1) is 0 Å². The van der Waals surface area contributed by atoms with Gasteiger partial charge in [-0.15, -0.1) is 0 Å². The third-order valence-electron chi connectivity index (χ3n) is 3.73. The molecule has 0 aliphatic rings. The van der Waals surface area contributed by atoms with Crippen molar-refractivity contribution in [1.82, 2.24) is 9.55 Å². The lowest BCUT2D eigenvalue weighted by atomic mass is 9.95. The van der Waals surface area contributed by atoms with Gasteiger partial charge in [0, 0.05) is 11.5 Å². The van der Waals surface area contributed by atoms with Crippen molar-refractivity contribution in [2.24, 2.45) is 0 Å². The van der Waals surface area contributed by atoms with E-state index < -0.39 is 0 Å². The highest BCUT2D eigenvalue weighted by molar-refractivity contribution is 5.40. The molecule has 20 heavy (non-hydrogen) atoms. The van der Waals surface area contributed by atoms with E-state index in [2.05, 4.69) is 46.1 Å². The summed E-state index contributed by atoms with van der Waals surface area (Å²) in [6.07, 6.45) is 7.45. The van der Waals surface area contributed by atoms with Crippen LogP contribution in [0.4, 0.5) is 5.82 Å². The predicted molar refractivity (Wildman–Crippen MR) is 88.2 cm³/mol. The van der Waals surface area contributed by atoms with Crippen LogP contribution in [0.3, 0.4) is 0 Å². The Labute approximate surface area is 125 Å². The Morgan fingerprint density at radius 3 is 2.15 bits per heavy atom. The zero-order valence-electron chi connectivity index (χ0n) is 14.3. The average Bonchev–Trinajstić information content (AvgIpc) is 2.66. The van der Waals surface area contributed by atoms with Gasteiger partial charge < -0.3 is 10.3 Å². The molecule has 0 bridgehead atoms. The predicted octanol–water partition coefficient (Wildman–Crippen LogP) is 4.86. The van der Waals surface area contributed by atoms with Gasteiger partial charge in [-0.1, -0.05) is 53.4 Å². The minimum absolute atomic E-state index is 0.0405. The molecule has 0 radical (unpaired) electrons. The molecule has 3 heteroatoms. The van der Waals surface area contributed by atoms with Gasteiger partial charge in [-0.3, -0.25) is 0 Å². The van der Waals surface area contributed by atoms with Crippen molar-refractivity contribution in [3.63, 3.8) is 0 Å². The molecule has 3 nitrogen and oxygen atoms in total. The maximum absolute atomic E-state index is 6.34. The van der Waals surface area contributed by atoms with Gasteiger partial charge in [0.25, 0.3) is 0 Å². The van der Waals surface area contributed by atoms with Crippen molar-refractivity contribution in [2.45, 2.75) is 91.5 Å². The summed E-state index contributed by atoms with van der Waals surface area (Å²) < 4.78 is 2.21. The molecule has 2 N–H and O–H groups in total. The number of hydrogen-bond donors (Lipinski definition) is 1. The van der Waals surface area contributed by atoms with Crippen molar-refractivity contribution in [3.8, 4) is 0 Å². The first-order chi connectivity index (χ1) is 9.29. The molecule has 0 saturated heterocycles. The monoisotopic (exact) mass is 279 g/mol. The fraction of sp³-hybridized carbons (Fsp3) is 0.824.